The van der Waals surface area contributed by atoms with E-state index in [1.807, 2.05) is 0 Å². The molecule has 1 N–H and O–H groups in total. The highest BCUT2D eigenvalue weighted by molar-refractivity contribution is 8.00. The SMILES string of the molecule is CC1(C)C(NCC2CCCS2)C2CCCOC21. The maximum absolute atomic E-state index is 5.95. The second kappa shape index (κ2) is 4.75. The molecule has 2 heterocycles. The molecular weight excluding hydrogens is 230 g/mol. The molecule has 17 heavy (non-hydrogen) atoms. The van der Waals surface area contributed by atoms with Crippen LogP contribution in [-0.2, 0) is 4.74 Å². The fourth-order valence-electron chi connectivity index (χ4n) is 4.00. The molecule has 2 saturated heterocycles. The van der Waals surface area contributed by atoms with E-state index in [1.54, 1.807) is 0 Å². The monoisotopic (exact) mass is 255 g/mol. The number of rotatable bonds is 3. The normalized spacial score (nSPS) is 44.1. The van der Waals surface area contributed by atoms with Crippen LogP contribution in [0.25, 0.3) is 0 Å². The number of hydrogen-bond acceptors (Lipinski definition) is 3. The van der Waals surface area contributed by atoms with Crippen molar-refractivity contribution in [2.45, 2.75) is 56.9 Å². The zero-order chi connectivity index (χ0) is 11.9. The highest BCUT2D eigenvalue weighted by Gasteiger charge is 2.57. The van der Waals surface area contributed by atoms with E-state index >= 15 is 0 Å². The van der Waals surface area contributed by atoms with Crippen molar-refractivity contribution in [3.05, 3.63) is 0 Å². The molecule has 3 aliphatic rings. The summed E-state index contributed by atoms with van der Waals surface area (Å²) in [4.78, 5) is 0. The minimum Gasteiger partial charge on any atom is -0.377 e. The van der Waals surface area contributed by atoms with Crippen LogP contribution in [0.1, 0.15) is 39.5 Å². The Bertz CT molecular complexity index is 275. The topological polar surface area (TPSA) is 21.3 Å². The summed E-state index contributed by atoms with van der Waals surface area (Å²) in [5.74, 6) is 2.15. The molecule has 0 aromatic heterocycles. The first-order valence-electron chi connectivity index (χ1n) is 7.16. The summed E-state index contributed by atoms with van der Waals surface area (Å²) in [7, 11) is 0. The van der Waals surface area contributed by atoms with Crippen LogP contribution in [0.5, 0.6) is 0 Å². The van der Waals surface area contributed by atoms with E-state index < -0.39 is 0 Å². The van der Waals surface area contributed by atoms with Gasteiger partial charge in [0.05, 0.1) is 6.10 Å². The average Bonchev–Trinajstić information content (AvgIpc) is 2.82. The Kier molecular flexibility index (Phi) is 3.44. The number of hydrogen-bond donors (Lipinski definition) is 1. The van der Waals surface area contributed by atoms with Gasteiger partial charge < -0.3 is 10.1 Å². The smallest absolute Gasteiger partial charge is 0.0684 e. The number of thioether (sulfide) groups is 1. The largest absolute Gasteiger partial charge is 0.377 e. The fraction of sp³-hybridized carbons (Fsp3) is 1.00. The maximum Gasteiger partial charge on any atom is 0.0684 e. The molecule has 2 aliphatic heterocycles. The summed E-state index contributed by atoms with van der Waals surface area (Å²) in [6, 6.07) is 0.689. The molecule has 1 aliphatic carbocycles. The molecule has 1 saturated carbocycles. The second-order valence-corrected chi connectivity index (χ2v) is 7.85. The second-order valence-electron chi connectivity index (χ2n) is 6.44. The predicted octanol–water partition coefficient (Wildman–Crippen LogP) is 2.68. The molecule has 3 rings (SSSR count). The third-order valence-electron chi connectivity index (χ3n) is 4.92. The predicted molar refractivity (Wildman–Crippen MR) is 73.5 cm³/mol. The van der Waals surface area contributed by atoms with E-state index in [2.05, 4.69) is 30.9 Å². The van der Waals surface area contributed by atoms with E-state index in [0.29, 0.717) is 17.6 Å². The lowest BCUT2D eigenvalue weighted by Gasteiger charge is -2.60. The first kappa shape index (κ1) is 12.3. The molecule has 0 aromatic rings. The molecule has 4 unspecified atom stereocenters. The minimum atomic E-state index is 0.342. The van der Waals surface area contributed by atoms with E-state index in [9.17, 15) is 0 Å². The minimum absolute atomic E-state index is 0.342. The molecule has 0 spiro atoms. The summed E-state index contributed by atoms with van der Waals surface area (Å²) in [6.45, 7) is 6.94. The van der Waals surface area contributed by atoms with Crippen molar-refractivity contribution in [2.24, 2.45) is 11.3 Å². The molecule has 2 nitrogen and oxygen atoms in total. The van der Waals surface area contributed by atoms with Crippen molar-refractivity contribution in [3.8, 4) is 0 Å². The van der Waals surface area contributed by atoms with Gasteiger partial charge in [0.15, 0.2) is 0 Å². The Balaban J connectivity index is 1.55. The van der Waals surface area contributed by atoms with Crippen LogP contribution in [0.3, 0.4) is 0 Å². The van der Waals surface area contributed by atoms with Gasteiger partial charge in [-0.3, -0.25) is 0 Å². The van der Waals surface area contributed by atoms with Crippen LogP contribution in [0.15, 0.2) is 0 Å². The van der Waals surface area contributed by atoms with E-state index in [1.165, 1.54) is 38.0 Å². The Morgan fingerprint density at radius 1 is 1.29 bits per heavy atom. The van der Waals surface area contributed by atoms with E-state index in [4.69, 9.17) is 4.74 Å². The number of ether oxygens (including phenoxy) is 1. The van der Waals surface area contributed by atoms with E-state index in [0.717, 1.165) is 17.8 Å². The first-order chi connectivity index (χ1) is 8.19. The quantitative estimate of drug-likeness (QED) is 0.838. The molecular formula is C14H25NOS. The highest BCUT2D eigenvalue weighted by Crippen LogP contribution is 2.51. The number of nitrogens with one attached hydrogen (secondary N) is 1. The molecule has 0 amide bonds. The molecule has 3 heteroatoms. The molecule has 98 valence electrons. The molecule has 0 aromatic carbocycles. The van der Waals surface area contributed by atoms with Gasteiger partial charge in [-0.25, -0.2) is 0 Å². The third-order valence-corrected chi connectivity index (χ3v) is 6.32. The highest BCUT2D eigenvalue weighted by atomic mass is 32.2. The van der Waals surface area contributed by atoms with Crippen LogP contribution in [0.4, 0.5) is 0 Å². The van der Waals surface area contributed by atoms with E-state index in [-0.39, 0.29) is 0 Å². The summed E-state index contributed by atoms with van der Waals surface area (Å²) < 4.78 is 5.95. The summed E-state index contributed by atoms with van der Waals surface area (Å²) in [5.41, 5.74) is 0.342. The van der Waals surface area contributed by atoms with Crippen molar-refractivity contribution < 1.29 is 4.74 Å². The molecule has 0 bridgehead atoms. The van der Waals surface area contributed by atoms with Crippen LogP contribution < -0.4 is 5.32 Å². The molecule has 4 atom stereocenters. The van der Waals surface area contributed by atoms with Gasteiger partial charge in [0, 0.05) is 35.8 Å². The Hall–Kier alpha value is 0.270. The van der Waals surface area contributed by atoms with Crippen molar-refractivity contribution in [1.29, 1.82) is 0 Å². The summed E-state index contributed by atoms with van der Waals surface area (Å²) in [6.07, 6.45) is 5.97. The lowest BCUT2D eigenvalue weighted by Crippen LogP contribution is -2.69. The van der Waals surface area contributed by atoms with Crippen LogP contribution >= 0.6 is 11.8 Å². The Labute approximate surface area is 109 Å². The van der Waals surface area contributed by atoms with Gasteiger partial charge in [0.1, 0.15) is 0 Å². The summed E-state index contributed by atoms with van der Waals surface area (Å²) in [5, 5.41) is 4.72. The van der Waals surface area contributed by atoms with Gasteiger partial charge >= 0.3 is 0 Å². The molecule has 0 radical (unpaired) electrons. The Morgan fingerprint density at radius 2 is 2.18 bits per heavy atom. The van der Waals surface area contributed by atoms with Gasteiger partial charge in [0.25, 0.3) is 0 Å². The van der Waals surface area contributed by atoms with Crippen LogP contribution in [0.2, 0.25) is 0 Å². The van der Waals surface area contributed by atoms with Crippen LogP contribution in [-0.4, -0.2) is 36.3 Å². The lowest BCUT2D eigenvalue weighted by molar-refractivity contribution is -0.192. The third kappa shape index (κ3) is 2.15. The van der Waals surface area contributed by atoms with Crippen molar-refractivity contribution in [2.75, 3.05) is 18.9 Å². The zero-order valence-corrected chi connectivity index (χ0v) is 11.9. The van der Waals surface area contributed by atoms with Crippen molar-refractivity contribution in [1.82, 2.24) is 5.32 Å². The lowest BCUT2D eigenvalue weighted by atomic mass is 9.55. The average molecular weight is 255 g/mol. The number of fused-ring (bicyclic) bond motifs is 1. The standard InChI is InChI=1S/C14H25NOS/c1-14(2)12(11-6-3-7-16-13(11)14)15-9-10-5-4-8-17-10/h10-13,15H,3-9H2,1-2H3. The van der Waals surface area contributed by atoms with Gasteiger partial charge in [-0.15, -0.1) is 0 Å². The Morgan fingerprint density at radius 3 is 2.94 bits per heavy atom. The summed E-state index contributed by atoms with van der Waals surface area (Å²) >= 11 is 2.15. The molecule has 3 fully saturated rings. The van der Waals surface area contributed by atoms with Crippen molar-refractivity contribution >= 4 is 11.8 Å². The van der Waals surface area contributed by atoms with Gasteiger partial charge in [0.2, 0.25) is 0 Å². The van der Waals surface area contributed by atoms with Gasteiger partial charge in [-0.1, -0.05) is 13.8 Å². The maximum atomic E-state index is 5.95. The zero-order valence-electron chi connectivity index (χ0n) is 11.1. The van der Waals surface area contributed by atoms with Gasteiger partial charge in [-0.05, 0) is 31.4 Å². The van der Waals surface area contributed by atoms with Crippen LogP contribution in [0, 0.1) is 11.3 Å². The first-order valence-corrected chi connectivity index (χ1v) is 8.21. The fourth-order valence-corrected chi connectivity index (χ4v) is 5.21. The van der Waals surface area contributed by atoms with Gasteiger partial charge in [-0.2, -0.15) is 11.8 Å². The van der Waals surface area contributed by atoms with Crippen molar-refractivity contribution in [3.63, 3.8) is 0 Å².